The molecule has 7 heteroatoms. The second-order valence-corrected chi connectivity index (χ2v) is 6.76. The molecule has 0 saturated carbocycles. The van der Waals surface area contributed by atoms with Crippen LogP contribution in [0.5, 0.6) is 0 Å². The van der Waals surface area contributed by atoms with Gasteiger partial charge in [-0.1, -0.05) is 43.2 Å². The number of carbonyl (C=O) groups excluding carboxylic acids is 1. The van der Waals surface area contributed by atoms with Crippen LogP contribution >= 0.6 is 12.2 Å². The summed E-state index contributed by atoms with van der Waals surface area (Å²) in [6.45, 7) is 4.68. The molecule has 2 aromatic heterocycles. The number of rotatable bonds is 5. The van der Waals surface area contributed by atoms with Crippen LogP contribution in [0.25, 0.3) is 22.3 Å². The summed E-state index contributed by atoms with van der Waals surface area (Å²) in [5, 5.41) is 0.197. The lowest BCUT2D eigenvalue weighted by molar-refractivity contribution is 0.0603. The molecule has 0 spiro atoms. The number of fused-ring (bicyclic) bond motifs is 1. The minimum Gasteiger partial charge on any atom is -0.465 e. The second-order valence-electron chi connectivity index (χ2n) is 6.38. The van der Waals surface area contributed by atoms with E-state index in [1.54, 1.807) is 10.6 Å². The maximum atomic E-state index is 12.6. The molecule has 2 heterocycles. The Labute approximate surface area is 161 Å². The topological polar surface area (TPSA) is 77.0 Å². The van der Waals surface area contributed by atoms with E-state index in [9.17, 15) is 9.59 Å². The Hall–Kier alpha value is -2.80. The lowest BCUT2D eigenvalue weighted by Crippen LogP contribution is -2.19. The number of benzene rings is 1. The Balaban J connectivity index is 2.39. The van der Waals surface area contributed by atoms with E-state index in [0.717, 1.165) is 24.0 Å². The van der Waals surface area contributed by atoms with Crippen molar-refractivity contribution in [2.75, 3.05) is 7.11 Å². The maximum Gasteiger partial charge on any atom is 0.338 e. The maximum absolute atomic E-state index is 12.6. The zero-order valence-electron chi connectivity index (χ0n) is 15.5. The van der Waals surface area contributed by atoms with Crippen LogP contribution in [0.4, 0.5) is 0 Å². The number of hydrogen-bond acceptors (Lipinski definition) is 5. The van der Waals surface area contributed by atoms with Crippen molar-refractivity contribution in [1.29, 1.82) is 0 Å². The van der Waals surface area contributed by atoms with Crippen molar-refractivity contribution in [3.05, 3.63) is 56.6 Å². The molecular weight excluding hydrogens is 362 g/mol. The van der Waals surface area contributed by atoms with E-state index >= 15 is 0 Å². The number of ether oxygens (including phenoxy) is 1. The molecular formula is C20H21N3O3S. The minimum absolute atomic E-state index is 0.180. The van der Waals surface area contributed by atoms with Gasteiger partial charge < -0.3 is 9.30 Å². The Morgan fingerprint density at radius 1 is 1.30 bits per heavy atom. The lowest BCUT2D eigenvalue weighted by Gasteiger charge is -2.13. The average molecular weight is 383 g/mol. The first-order valence-electron chi connectivity index (χ1n) is 8.79. The van der Waals surface area contributed by atoms with E-state index in [2.05, 4.69) is 11.9 Å². The predicted octanol–water partition coefficient (Wildman–Crippen LogP) is 4.02. The quantitative estimate of drug-likeness (QED) is 0.532. The standard InChI is InChI=1S/C20H21N3O3S/c1-4-5-10-23-17-16(18(24)22-20(23)27)14(19(25)26-3)11-15(21-17)13-8-6-12(2)7-9-13/h6-9,11H,4-5,10H2,1-3H3,(H,22,24,27). The SMILES string of the molecule is CCCCn1c(=S)[nH]c(=O)c2c(C(=O)OC)cc(-c3ccc(C)cc3)nc21. The highest BCUT2D eigenvalue weighted by Gasteiger charge is 2.19. The van der Waals surface area contributed by atoms with Gasteiger partial charge in [-0.15, -0.1) is 0 Å². The molecule has 0 atom stereocenters. The van der Waals surface area contributed by atoms with Crippen LogP contribution in [0.2, 0.25) is 0 Å². The molecule has 27 heavy (non-hydrogen) atoms. The highest BCUT2D eigenvalue weighted by atomic mass is 32.1. The van der Waals surface area contributed by atoms with Crippen LogP contribution in [-0.4, -0.2) is 27.6 Å². The van der Waals surface area contributed by atoms with Crippen LogP contribution in [0.15, 0.2) is 35.1 Å². The highest BCUT2D eigenvalue weighted by molar-refractivity contribution is 7.71. The van der Waals surface area contributed by atoms with Crippen molar-refractivity contribution in [2.45, 2.75) is 33.2 Å². The summed E-state index contributed by atoms with van der Waals surface area (Å²) in [5.74, 6) is -0.583. The van der Waals surface area contributed by atoms with E-state index in [-0.39, 0.29) is 10.9 Å². The van der Waals surface area contributed by atoms with Crippen LogP contribution in [-0.2, 0) is 11.3 Å². The van der Waals surface area contributed by atoms with Gasteiger partial charge in [-0.3, -0.25) is 9.78 Å². The van der Waals surface area contributed by atoms with E-state index < -0.39 is 11.5 Å². The van der Waals surface area contributed by atoms with Gasteiger partial charge in [0.05, 0.1) is 23.8 Å². The number of methoxy groups -OCH3 is 1. The van der Waals surface area contributed by atoms with Crippen molar-refractivity contribution in [3.63, 3.8) is 0 Å². The molecule has 1 N–H and O–H groups in total. The molecule has 0 fully saturated rings. The number of aromatic amines is 1. The summed E-state index contributed by atoms with van der Waals surface area (Å²) in [6, 6.07) is 9.41. The highest BCUT2D eigenvalue weighted by Crippen LogP contribution is 2.24. The fraction of sp³-hybridized carbons (Fsp3) is 0.300. The van der Waals surface area contributed by atoms with Gasteiger partial charge in [0.2, 0.25) is 0 Å². The Bertz CT molecular complexity index is 1110. The summed E-state index contributed by atoms with van der Waals surface area (Å²) < 4.78 is 6.98. The van der Waals surface area contributed by atoms with E-state index in [0.29, 0.717) is 22.7 Å². The fourth-order valence-corrected chi connectivity index (χ4v) is 3.21. The number of carbonyl (C=O) groups is 1. The van der Waals surface area contributed by atoms with Gasteiger partial charge in [0.25, 0.3) is 5.56 Å². The molecule has 0 aliphatic heterocycles. The Kier molecular flexibility index (Phi) is 5.51. The van der Waals surface area contributed by atoms with Gasteiger partial charge >= 0.3 is 5.97 Å². The number of pyridine rings is 1. The summed E-state index contributed by atoms with van der Waals surface area (Å²) in [7, 11) is 1.29. The fourth-order valence-electron chi connectivity index (χ4n) is 2.94. The monoisotopic (exact) mass is 383 g/mol. The molecule has 3 aromatic rings. The van der Waals surface area contributed by atoms with Gasteiger partial charge in [0.15, 0.2) is 4.77 Å². The predicted molar refractivity (Wildman–Crippen MR) is 108 cm³/mol. The van der Waals surface area contributed by atoms with Crippen molar-refractivity contribution >= 4 is 29.2 Å². The average Bonchev–Trinajstić information content (AvgIpc) is 2.66. The number of nitrogens with zero attached hydrogens (tertiary/aromatic N) is 2. The molecule has 0 aliphatic rings. The van der Waals surface area contributed by atoms with Gasteiger partial charge in [-0.2, -0.15) is 0 Å². The summed E-state index contributed by atoms with van der Waals surface area (Å²) in [5.41, 5.74) is 2.70. The number of H-pyrrole nitrogens is 1. The Morgan fingerprint density at radius 2 is 2.00 bits per heavy atom. The van der Waals surface area contributed by atoms with Crippen molar-refractivity contribution < 1.29 is 9.53 Å². The first-order valence-corrected chi connectivity index (χ1v) is 9.20. The first-order chi connectivity index (χ1) is 13.0. The summed E-state index contributed by atoms with van der Waals surface area (Å²) >= 11 is 5.35. The van der Waals surface area contributed by atoms with Gasteiger partial charge in [-0.05, 0) is 31.6 Å². The third-order valence-corrected chi connectivity index (χ3v) is 4.76. The second kappa shape index (κ2) is 7.84. The van der Waals surface area contributed by atoms with E-state index in [1.165, 1.54) is 7.11 Å². The number of aryl methyl sites for hydroxylation is 2. The molecule has 0 amide bonds. The van der Waals surface area contributed by atoms with Crippen molar-refractivity contribution in [2.24, 2.45) is 0 Å². The van der Waals surface area contributed by atoms with Crippen LogP contribution in [0.1, 0.15) is 35.7 Å². The normalized spacial score (nSPS) is 10.9. The lowest BCUT2D eigenvalue weighted by atomic mass is 10.1. The third kappa shape index (κ3) is 3.68. The molecule has 0 unspecified atom stereocenters. The Morgan fingerprint density at radius 3 is 2.63 bits per heavy atom. The molecule has 0 bridgehead atoms. The van der Waals surface area contributed by atoms with Crippen LogP contribution < -0.4 is 5.56 Å². The van der Waals surface area contributed by atoms with Crippen molar-refractivity contribution in [1.82, 2.24) is 14.5 Å². The zero-order valence-corrected chi connectivity index (χ0v) is 16.4. The molecule has 6 nitrogen and oxygen atoms in total. The number of unbranched alkanes of at least 4 members (excludes halogenated alkanes) is 1. The number of nitrogens with one attached hydrogen (secondary N) is 1. The van der Waals surface area contributed by atoms with Gasteiger partial charge in [0, 0.05) is 12.1 Å². The number of hydrogen-bond donors (Lipinski definition) is 1. The van der Waals surface area contributed by atoms with Crippen LogP contribution in [0.3, 0.4) is 0 Å². The van der Waals surface area contributed by atoms with Gasteiger partial charge in [-0.25, -0.2) is 9.78 Å². The largest absolute Gasteiger partial charge is 0.465 e. The van der Waals surface area contributed by atoms with E-state index in [4.69, 9.17) is 21.9 Å². The number of esters is 1. The number of aromatic nitrogens is 3. The molecule has 0 saturated heterocycles. The molecule has 3 rings (SSSR count). The smallest absolute Gasteiger partial charge is 0.338 e. The summed E-state index contributed by atoms with van der Waals surface area (Å²) in [6.07, 6.45) is 1.84. The first kappa shape index (κ1) is 19.0. The minimum atomic E-state index is -0.583. The molecule has 1 aromatic carbocycles. The van der Waals surface area contributed by atoms with Crippen LogP contribution in [0, 0.1) is 11.7 Å². The summed E-state index contributed by atoms with van der Waals surface area (Å²) in [4.78, 5) is 32.3. The van der Waals surface area contributed by atoms with Crippen molar-refractivity contribution in [3.8, 4) is 11.3 Å². The molecule has 0 radical (unpaired) electrons. The molecule has 0 aliphatic carbocycles. The molecule has 140 valence electrons. The van der Waals surface area contributed by atoms with Gasteiger partial charge in [0.1, 0.15) is 5.65 Å². The van der Waals surface area contributed by atoms with E-state index in [1.807, 2.05) is 31.2 Å². The third-order valence-electron chi connectivity index (χ3n) is 4.44. The zero-order chi connectivity index (χ0) is 19.6.